The van der Waals surface area contributed by atoms with Crippen LogP contribution in [0.2, 0.25) is 0 Å². The van der Waals surface area contributed by atoms with Crippen LogP contribution in [-0.2, 0) is 23.8 Å². The maximum absolute atomic E-state index is 7.05. The molecule has 0 aliphatic heterocycles. The van der Waals surface area contributed by atoms with Gasteiger partial charge < -0.3 is 14.0 Å². The summed E-state index contributed by atoms with van der Waals surface area (Å²) in [7, 11) is 4.08. The molecule has 0 radical (unpaired) electrons. The quantitative estimate of drug-likeness (QED) is 0.122. The Labute approximate surface area is 271 Å². The average Bonchev–Trinajstić information content (AvgIpc) is 3.88. The Bertz CT molecular complexity index is 387. The van der Waals surface area contributed by atoms with Crippen LogP contribution in [0.3, 0.4) is 0 Å². The molecule has 2 aliphatic rings. The predicted octanol–water partition coefficient (Wildman–Crippen LogP) is 12.7. The Morgan fingerprint density at radius 2 is 0.762 bits per heavy atom. The van der Waals surface area contributed by atoms with Crippen LogP contribution >= 0.6 is 8.75 Å². The summed E-state index contributed by atoms with van der Waals surface area (Å²) < 4.78 is 22.0. The van der Waals surface area contributed by atoms with E-state index in [4.69, 9.17) is 20.2 Å². The van der Waals surface area contributed by atoms with Crippen LogP contribution in [0, 0.1) is 11.8 Å². The Morgan fingerprint density at radius 1 is 0.500 bits per heavy atom. The van der Waals surface area contributed by atoms with E-state index in [1.165, 1.54) is 58.5 Å². The van der Waals surface area contributed by atoms with Gasteiger partial charge in [-0.15, -0.1) is 0 Å². The number of hydrogen-bond donors (Lipinski definition) is 0. The molecule has 42 heavy (non-hydrogen) atoms. The third-order valence-corrected chi connectivity index (χ3v) is 6.56. The fourth-order valence-corrected chi connectivity index (χ4v) is 1.33. The number of rotatable bonds is 12. The molecular weight excluding hydrogens is 543 g/mol. The predicted molar refractivity (Wildman–Crippen MR) is 194 cm³/mol. The minimum absolute atomic E-state index is 0.227. The van der Waals surface area contributed by atoms with Crippen molar-refractivity contribution in [3.63, 3.8) is 0 Å². The van der Waals surface area contributed by atoms with Gasteiger partial charge in [0.1, 0.15) is 0 Å². The average molecular weight is 631 g/mol. The highest BCUT2D eigenvalue weighted by Gasteiger charge is 1.96. The molecule has 0 aromatic heterocycles. The zero-order chi connectivity index (χ0) is 35.1. The van der Waals surface area contributed by atoms with E-state index >= 15 is 0 Å². The summed E-state index contributed by atoms with van der Waals surface area (Å²) in [6.45, 7) is 31.5. The van der Waals surface area contributed by atoms with Gasteiger partial charge in [-0.25, -0.2) is 9.78 Å². The molecule has 0 bridgehead atoms. The largest absolute Gasteiger partial charge is 0.382 e. The second-order valence-electron chi connectivity index (χ2n) is 11.6. The number of methoxy groups -OCH3 is 2. The molecule has 2 rings (SSSR count). The van der Waals surface area contributed by atoms with Gasteiger partial charge in [0.2, 0.25) is 0 Å². The Balaban J connectivity index is -0.0000000923. The molecule has 0 N–H and O–H groups in total. The molecule has 0 heterocycles. The monoisotopic (exact) mass is 631 g/mol. The van der Waals surface area contributed by atoms with Crippen LogP contribution in [0.5, 0.6) is 0 Å². The minimum atomic E-state index is -0.896. The summed E-state index contributed by atoms with van der Waals surface area (Å²) in [6.07, 6.45) is 17.2. The molecule has 6 heteroatoms. The lowest BCUT2D eigenvalue weighted by Crippen LogP contribution is -2.03. The van der Waals surface area contributed by atoms with Crippen molar-refractivity contribution < 1.29 is 23.8 Å². The standard InChI is InChI=1S/C5H12O2.C5H13OP.2C5H12O.2C5H12.2C3H6/c1-4-5(2)7-6-3;1-4-5(2)6-7-3;2*1-4-5(2)6-3;2*1-4-5(2)3;2*1-2-3-1/h5H,4H2,1-3H3;5,7H,4H2,1-3H3;2*5H,4H2,1-3H3;2*5H,4H2,1-3H3;2*1-3H2/i;7T;;;;;;. The summed E-state index contributed by atoms with van der Waals surface area (Å²) in [4.78, 5) is 9.09. The van der Waals surface area contributed by atoms with Gasteiger partial charge in [-0.1, -0.05) is 121 Å². The maximum Gasteiger partial charge on any atom is 0.0899 e. The van der Waals surface area contributed by atoms with E-state index in [0.29, 0.717) is 12.2 Å². The van der Waals surface area contributed by atoms with E-state index in [1.807, 2.05) is 20.8 Å². The van der Waals surface area contributed by atoms with Crippen LogP contribution in [0.15, 0.2) is 0 Å². The lowest BCUT2D eigenvalue weighted by atomic mass is 10.2. The van der Waals surface area contributed by atoms with Gasteiger partial charge in [-0.05, 0) is 71.9 Å². The van der Waals surface area contributed by atoms with E-state index in [-0.39, 0.29) is 12.2 Å². The maximum atomic E-state index is 7.05. The Hall–Kier alpha value is 0.230. The van der Waals surface area contributed by atoms with Gasteiger partial charge in [0.05, 0.1) is 32.8 Å². The van der Waals surface area contributed by atoms with Crippen LogP contribution in [-0.4, -0.2) is 53.7 Å². The van der Waals surface area contributed by atoms with Gasteiger partial charge >= 0.3 is 0 Å². The Morgan fingerprint density at radius 3 is 0.810 bits per heavy atom. The van der Waals surface area contributed by atoms with Gasteiger partial charge in [0.25, 0.3) is 0 Å². The van der Waals surface area contributed by atoms with Crippen molar-refractivity contribution in [2.24, 2.45) is 11.8 Å². The summed E-state index contributed by atoms with van der Waals surface area (Å²) in [6, 6.07) is 0. The van der Waals surface area contributed by atoms with Gasteiger partial charge in [-0.3, -0.25) is 0 Å². The highest BCUT2D eigenvalue weighted by molar-refractivity contribution is 7.31. The Kier molecular flexibility index (Phi) is 62.7. The van der Waals surface area contributed by atoms with Crippen molar-refractivity contribution in [3.8, 4) is 0 Å². The third-order valence-electron chi connectivity index (χ3n) is 5.99. The lowest BCUT2D eigenvalue weighted by molar-refractivity contribution is -0.300. The fourth-order valence-electron chi connectivity index (χ4n) is 0.820. The highest BCUT2D eigenvalue weighted by Crippen LogP contribution is 2.15. The van der Waals surface area contributed by atoms with E-state index in [0.717, 1.165) is 37.5 Å². The molecule has 5 nitrogen and oxygen atoms in total. The molecule has 5 atom stereocenters. The second-order valence-corrected chi connectivity index (χ2v) is 12.2. The molecule has 264 valence electrons. The van der Waals surface area contributed by atoms with Crippen molar-refractivity contribution in [1.82, 2.24) is 0 Å². The minimum Gasteiger partial charge on any atom is -0.382 e. The molecule has 0 aromatic rings. The third kappa shape index (κ3) is 105. The highest BCUT2D eigenvalue weighted by atomic mass is 31.1. The SMILES string of the molecule is C1CC1.C1CC1.CCC(C)C.CCC(C)C.CCC(C)OC.CCC(C)OC.CCC(C)OOC.[3H]P(C)OC(C)CC. The summed E-state index contributed by atoms with van der Waals surface area (Å²) >= 11 is 0. The zero-order valence-corrected chi connectivity index (χ0v) is 33.3. The normalized spacial score (nSPS) is 15.7. The lowest BCUT2D eigenvalue weighted by Gasteiger charge is -2.05. The molecule has 0 spiro atoms. The summed E-state index contributed by atoms with van der Waals surface area (Å²) in [5.74, 6) is 1.77. The molecule has 2 fully saturated rings. The first-order valence-electron chi connectivity index (χ1n) is 17.7. The molecule has 0 aromatic carbocycles. The van der Waals surface area contributed by atoms with Gasteiger partial charge in [-0.2, -0.15) is 0 Å². The first-order valence-corrected chi connectivity index (χ1v) is 18.5. The first kappa shape index (κ1) is 51.8. The molecule has 2 saturated carbocycles. The van der Waals surface area contributed by atoms with Crippen molar-refractivity contribution in [2.75, 3.05) is 28.0 Å². The van der Waals surface area contributed by atoms with Crippen molar-refractivity contribution in [3.05, 3.63) is 0 Å². The van der Waals surface area contributed by atoms with Crippen LogP contribution in [0.1, 0.15) is 174 Å². The van der Waals surface area contributed by atoms with Crippen molar-refractivity contribution >= 4 is 8.75 Å². The van der Waals surface area contributed by atoms with Crippen LogP contribution < -0.4 is 0 Å². The van der Waals surface area contributed by atoms with Gasteiger partial charge in [0.15, 0.2) is 0 Å². The summed E-state index contributed by atoms with van der Waals surface area (Å²) in [5.41, 5.74) is 0. The van der Waals surface area contributed by atoms with Gasteiger partial charge in [0, 0.05) is 23.0 Å². The van der Waals surface area contributed by atoms with E-state index < -0.39 is 8.75 Å². The molecule has 0 saturated heterocycles. The molecule has 2 aliphatic carbocycles. The van der Waals surface area contributed by atoms with Crippen LogP contribution in [0.4, 0.5) is 0 Å². The zero-order valence-electron chi connectivity index (χ0n) is 33.4. The number of ether oxygens (including phenoxy) is 2. The van der Waals surface area contributed by atoms with Crippen molar-refractivity contribution in [2.45, 2.75) is 198 Å². The summed E-state index contributed by atoms with van der Waals surface area (Å²) in [5, 5.41) is 0. The number of hydrogen-bond acceptors (Lipinski definition) is 5. The second kappa shape index (κ2) is 50.8. The fraction of sp³-hybridized carbons (Fsp3) is 1.00. The van der Waals surface area contributed by atoms with E-state index in [1.54, 1.807) is 20.9 Å². The smallest absolute Gasteiger partial charge is 0.0899 e. The molecular formula is C36H85O5P. The van der Waals surface area contributed by atoms with Crippen molar-refractivity contribution in [1.29, 1.82) is 1.28 Å². The van der Waals surface area contributed by atoms with Crippen LogP contribution in [0.25, 0.3) is 0 Å². The van der Waals surface area contributed by atoms with E-state index in [2.05, 4.69) is 81.0 Å². The molecule has 5 unspecified atom stereocenters. The molecule has 0 amide bonds. The topological polar surface area (TPSA) is 46.2 Å². The van der Waals surface area contributed by atoms with E-state index in [9.17, 15) is 0 Å². The first-order chi connectivity index (χ1) is 20.1.